The van der Waals surface area contributed by atoms with Crippen molar-refractivity contribution < 1.29 is 0 Å². The van der Waals surface area contributed by atoms with Gasteiger partial charge >= 0.3 is 0 Å². The lowest BCUT2D eigenvalue weighted by Gasteiger charge is -2.01. The second kappa shape index (κ2) is 4.05. The van der Waals surface area contributed by atoms with Crippen molar-refractivity contribution in [2.24, 2.45) is 5.92 Å². The Hall–Kier alpha value is -1.53. The summed E-state index contributed by atoms with van der Waals surface area (Å²) in [6.45, 7) is 4.43. The van der Waals surface area contributed by atoms with Crippen LogP contribution >= 0.6 is 11.6 Å². The quantitative estimate of drug-likeness (QED) is 0.761. The molecule has 1 aliphatic rings. The highest BCUT2D eigenvalue weighted by atomic mass is 35.5. The summed E-state index contributed by atoms with van der Waals surface area (Å²) in [6.07, 6.45) is 2.58. The number of benzene rings is 1. The molecule has 1 aliphatic carbocycles. The summed E-state index contributed by atoms with van der Waals surface area (Å²) < 4.78 is 1.93. The van der Waals surface area contributed by atoms with Crippen LogP contribution in [-0.2, 0) is 6.54 Å². The fourth-order valence-electron chi connectivity index (χ4n) is 1.88. The first-order chi connectivity index (χ1) is 8.29. The Balaban J connectivity index is 2.10. The van der Waals surface area contributed by atoms with E-state index in [2.05, 4.69) is 29.1 Å². The monoisotopic (exact) mass is 244 g/mol. The van der Waals surface area contributed by atoms with Crippen molar-refractivity contribution in [2.45, 2.75) is 19.4 Å². The highest BCUT2D eigenvalue weighted by molar-refractivity contribution is 6.36. The van der Waals surface area contributed by atoms with E-state index in [1.54, 1.807) is 0 Å². The third-order valence-electron chi connectivity index (χ3n) is 2.98. The molecule has 0 aliphatic heterocycles. The lowest BCUT2D eigenvalue weighted by Crippen LogP contribution is -2.01. The van der Waals surface area contributed by atoms with Crippen molar-refractivity contribution in [3.63, 3.8) is 0 Å². The molecule has 17 heavy (non-hydrogen) atoms. The molecule has 3 rings (SSSR count). The number of halogens is 1. The smallest absolute Gasteiger partial charge is 0.133 e. The number of rotatable bonds is 2. The predicted octanol–water partition coefficient (Wildman–Crippen LogP) is 2.68. The van der Waals surface area contributed by atoms with Gasteiger partial charge in [0.2, 0.25) is 0 Å². The fraction of sp³-hybridized carbons (Fsp3) is 0.308. The highest BCUT2D eigenvalue weighted by Crippen LogP contribution is 2.32. The molecule has 0 atom stereocenters. The summed E-state index contributed by atoms with van der Waals surface area (Å²) in [5, 5.41) is 8.86. The van der Waals surface area contributed by atoms with Crippen LogP contribution in [0.5, 0.6) is 0 Å². The van der Waals surface area contributed by atoms with Crippen LogP contribution in [0.2, 0.25) is 5.02 Å². The molecule has 3 nitrogen and oxygen atoms in total. The number of aromatic nitrogens is 3. The molecule has 1 fully saturated rings. The number of hydrogen-bond acceptors (Lipinski definition) is 2. The Morgan fingerprint density at radius 2 is 2.29 bits per heavy atom. The van der Waals surface area contributed by atoms with Gasteiger partial charge in [-0.15, -0.1) is 5.10 Å². The fourth-order valence-corrected chi connectivity index (χ4v) is 2.12. The summed E-state index contributed by atoms with van der Waals surface area (Å²) in [6, 6.07) is 3.87. The van der Waals surface area contributed by atoms with Crippen LogP contribution in [0.4, 0.5) is 0 Å². The normalized spacial score (nSPS) is 14.7. The van der Waals surface area contributed by atoms with Gasteiger partial charge < -0.3 is 0 Å². The molecule has 0 saturated heterocycles. The molecule has 1 aromatic carbocycles. The first kappa shape index (κ1) is 10.6. The molecular weight excluding hydrogens is 234 g/mol. The maximum Gasteiger partial charge on any atom is 0.133 e. The van der Waals surface area contributed by atoms with E-state index in [1.807, 2.05) is 16.8 Å². The Morgan fingerprint density at radius 3 is 3.00 bits per heavy atom. The molecule has 1 saturated carbocycles. The summed E-state index contributed by atoms with van der Waals surface area (Å²) in [5.74, 6) is 6.22. The molecule has 4 heteroatoms. The van der Waals surface area contributed by atoms with Gasteiger partial charge in [0.25, 0.3) is 0 Å². The third-order valence-corrected chi connectivity index (χ3v) is 3.36. The number of hydrogen-bond donors (Lipinski definition) is 0. The minimum Gasteiger partial charge on any atom is -0.244 e. The van der Waals surface area contributed by atoms with Gasteiger partial charge in [-0.05, 0) is 30.9 Å². The maximum atomic E-state index is 6.24. The summed E-state index contributed by atoms with van der Waals surface area (Å²) in [4.78, 5) is 0. The van der Waals surface area contributed by atoms with E-state index in [0.717, 1.165) is 29.1 Å². The molecule has 1 heterocycles. The topological polar surface area (TPSA) is 30.7 Å². The summed E-state index contributed by atoms with van der Waals surface area (Å²) in [7, 11) is 0. The van der Waals surface area contributed by atoms with Gasteiger partial charge in [0, 0.05) is 19.0 Å². The molecule has 1 aromatic heterocycles. The lowest BCUT2D eigenvalue weighted by molar-refractivity contribution is 0.559. The first-order valence-corrected chi connectivity index (χ1v) is 5.97. The van der Waals surface area contributed by atoms with Crippen LogP contribution in [0.25, 0.3) is 11.0 Å². The Morgan fingerprint density at radius 1 is 1.47 bits per heavy atom. The van der Waals surface area contributed by atoms with Crippen molar-refractivity contribution >= 4 is 22.6 Å². The van der Waals surface area contributed by atoms with Gasteiger partial charge in [-0.1, -0.05) is 28.7 Å². The molecule has 2 aromatic rings. The van der Waals surface area contributed by atoms with Crippen LogP contribution < -0.4 is 0 Å². The second-order valence-electron chi connectivity index (χ2n) is 4.31. The molecule has 85 valence electrons. The van der Waals surface area contributed by atoms with Crippen molar-refractivity contribution in [1.82, 2.24) is 15.0 Å². The van der Waals surface area contributed by atoms with E-state index in [0.29, 0.717) is 5.02 Å². The molecule has 1 radical (unpaired) electrons. The van der Waals surface area contributed by atoms with Crippen LogP contribution in [0.1, 0.15) is 18.4 Å². The van der Waals surface area contributed by atoms with Gasteiger partial charge in [0.15, 0.2) is 0 Å². The van der Waals surface area contributed by atoms with Crippen LogP contribution in [-0.4, -0.2) is 15.0 Å². The zero-order valence-corrected chi connectivity index (χ0v) is 10.0. The van der Waals surface area contributed by atoms with E-state index < -0.39 is 0 Å². The van der Waals surface area contributed by atoms with E-state index in [9.17, 15) is 0 Å². The van der Waals surface area contributed by atoms with Crippen LogP contribution in [0, 0.1) is 24.7 Å². The van der Waals surface area contributed by atoms with Gasteiger partial charge in [0.05, 0.1) is 10.5 Å². The lowest BCUT2D eigenvalue weighted by atomic mass is 10.2. The molecule has 0 bridgehead atoms. The maximum absolute atomic E-state index is 6.24. The second-order valence-corrected chi connectivity index (χ2v) is 4.69. The number of nitrogens with zero attached hydrogens (tertiary/aromatic N) is 3. The summed E-state index contributed by atoms with van der Waals surface area (Å²) in [5.41, 5.74) is 2.47. The SMILES string of the molecule is [CH2]C#Cc1ccc2c(nnn2CC2CC2)c1Cl. The van der Waals surface area contributed by atoms with Gasteiger partial charge in [-0.25, -0.2) is 4.68 Å². The molecule has 0 spiro atoms. The Labute approximate surface area is 105 Å². The zero-order chi connectivity index (χ0) is 11.8. The van der Waals surface area contributed by atoms with Gasteiger partial charge in [-0.2, -0.15) is 0 Å². The number of fused-ring (bicyclic) bond motifs is 1. The molecule has 0 unspecified atom stereocenters. The Bertz CT molecular complexity index is 629. The molecule has 0 N–H and O–H groups in total. The third kappa shape index (κ3) is 1.89. The predicted molar refractivity (Wildman–Crippen MR) is 67.5 cm³/mol. The molecule has 0 amide bonds. The first-order valence-electron chi connectivity index (χ1n) is 5.59. The zero-order valence-electron chi connectivity index (χ0n) is 9.28. The van der Waals surface area contributed by atoms with Crippen molar-refractivity contribution in [3.05, 3.63) is 29.6 Å². The average Bonchev–Trinajstić information content (AvgIpc) is 3.03. The molecular formula is C13H11ClN3. The van der Waals surface area contributed by atoms with Gasteiger partial charge in [-0.3, -0.25) is 0 Å². The van der Waals surface area contributed by atoms with Crippen LogP contribution in [0.3, 0.4) is 0 Å². The van der Waals surface area contributed by atoms with Crippen molar-refractivity contribution in [1.29, 1.82) is 0 Å². The van der Waals surface area contributed by atoms with E-state index in [1.165, 1.54) is 12.8 Å². The minimum absolute atomic E-state index is 0.570. The Kier molecular flexibility index (Phi) is 2.53. The van der Waals surface area contributed by atoms with E-state index in [4.69, 9.17) is 11.6 Å². The highest BCUT2D eigenvalue weighted by Gasteiger charge is 2.23. The van der Waals surface area contributed by atoms with E-state index in [-0.39, 0.29) is 0 Å². The van der Waals surface area contributed by atoms with E-state index >= 15 is 0 Å². The minimum atomic E-state index is 0.570. The summed E-state index contributed by atoms with van der Waals surface area (Å²) >= 11 is 6.24. The van der Waals surface area contributed by atoms with Crippen molar-refractivity contribution in [3.8, 4) is 11.8 Å². The average molecular weight is 245 g/mol. The van der Waals surface area contributed by atoms with Crippen LogP contribution in [0.15, 0.2) is 12.1 Å². The van der Waals surface area contributed by atoms with Gasteiger partial charge in [0.1, 0.15) is 5.52 Å². The standard InChI is InChI=1S/C13H11ClN3/c1-2-3-10-6-7-11-13(12(10)14)15-16-17(11)8-9-4-5-9/h6-7,9H,1,4-5,8H2. The largest absolute Gasteiger partial charge is 0.244 e. The van der Waals surface area contributed by atoms with Crippen molar-refractivity contribution in [2.75, 3.05) is 0 Å².